The monoisotopic (exact) mass is 296 g/mol. The highest BCUT2D eigenvalue weighted by Crippen LogP contribution is 2.25. The third-order valence-electron chi connectivity index (χ3n) is 2.77. The van der Waals surface area contributed by atoms with Gasteiger partial charge in [0.1, 0.15) is 6.54 Å². The van der Waals surface area contributed by atoms with Crippen molar-refractivity contribution in [3.8, 4) is 0 Å². The first-order valence-electron chi connectivity index (χ1n) is 5.27. The molecule has 1 aromatic rings. The van der Waals surface area contributed by atoms with E-state index in [-0.39, 0.29) is 18.4 Å². The maximum atomic E-state index is 12.0. The van der Waals surface area contributed by atoms with Crippen molar-refractivity contribution >= 4 is 27.7 Å². The minimum absolute atomic E-state index is 0.0646. The van der Waals surface area contributed by atoms with Crippen LogP contribution in [0.15, 0.2) is 22.7 Å². The first kappa shape index (κ1) is 12.1. The van der Waals surface area contributed by atoms with E-state index in [1.807, 2.05) is 12.1 Å². The number of halogens is 1. The first-order valence-corrected chi connectivity index (χ1v) is 6.06. The zero-order chi connectivity index (χ0) is 12.6. The normalized spacial score (nSPS) is 13.8. The van der Waals surface area contributed by atoms with E-state index < -0.39 is 0 Å². The fourth-order valence-corrected chi connectivity index (χ4v) is 2.19. The van der Waals surface area contributed by atoms with Gasteiger partial charge in [0.05, 0.1) is 0 Å². The lowest BCUT2D eigenvalue weighted by Gasteiger charge is -2.17. The number of carbonyl (C=O) groups is 2. The Balaban J connectivity index is 2.17. The Hall–Kier alpha value is -1.36. The van der Waals surface area contributed by atoms with Crippen molar-refractivity contribution < 1.29 is 9.59 Å². The van der Waals surface area contributed by atoms with Crippen molar-refractivity contribution in [3.63, 3.8) is 0 Å². The zero-order valence-electron chi connectivity index (χ0n) is 9.74. The van der Waals surface area contributed by atoms with Crippen LogP contribution < -0.4 is 0 Å². The molecule has 5 heteroatoms. The quantitative estimate of drug-likeness (QED) is 0.830. The summed E-state index contributed by atoms with van der Waals surface area (Å²) < 4.78 is 0.949. The summed E-state index contributed by atoms with van der Waals surface area (Å²) in [6.07, 6.45) is 0. The SMILES string of the molecule is CN(C)C(=O)CN1Cc2cc(Br)ccc2C1=O. The molecule has 0 saturated carbocycles. The molecule has 90 valence electrons. The highest BCUT2D eigenvalue weighted by molar-refractivity contribution is 9.10. The summed E-state index contributed by atoms with van der Waals surface area (Å²) in [7, 11) is 3.37. The van der Waals surface area contributed by atoms with Crippen molar-refractivity contribution in [1.82, 2.24) is 9.80 Å². The van der Waals surface area contributed by atoms with Gasteiger partial charge in [-0.15, -0.1) is 0 Å². The summed E-state index contributed by atoms with van der Waals surface area (Å²) in [5.74, 6) is -0.132. The lowest BCUT2D eigenvalue weighted by Crippen LogP contribution is -2.36. The molecule has 0 unspecified atom stereocenters. The lowest BCUT2D eigenvalue weighted by atomic mass is 10.1. The van der Waals surface area contributed by atoms with E-state index in [0.717, 1.165) is 10.0 Å². The highest BCUT2D eigenvalue weighted by atomic mass is 79.9. The van der Waals surface area contributed by atoms with Crippen LogP contribution in [-0.4, -0.2) is 42.3 Å². The molecule has 0 bridgehead atoms. The number of carbonyl (C=O) groups excluding carboxylic acids is 2. The molecule has 0 saturated heterocycles. The van der Waals surface area contributed by atoms with E-state index in [9.17, 15) is 9.59 Å². The van der Waals surface area contributed by atoms with Crippen molar-refractivity contribution in [1.29, 1.82) is 0 Å². The van der Waals surface area contributed by atoms with Gasteiger partial charge >= 0.3 is 0 Å². The second-order valence-corrected chi connectivity index (χ2v) is 5.17. The van der Waals surface area contributed by atoms with Crippen LogP contribution in [0.25, 0.3) is 0 Å². The molecule has 4 nitrogen and oxygen atoms in total. The number of fused-ring (bicyclic) bond motifs is 1. The molecule has 0 aliphatic carbocycles. The molecule has 1 heterocycles. The second kappa shape index (κ2) is 4.49. The maximum Gasteiger partial charge on any atom is 0.254 e. The van der Waals surface area contributed by atoms with Gasteiger partial charge in [0.2, 0.25) is 5.91 Å². The van der Waals surface area contributed by atoms with Gasteiger partial charge in [-0.05, 0) is 23.8 Å². The van der Waals surface area contributed by atoms with Crippen LogP contribution in [0.3, 0.4) is 0 Å². The molecule has 2 amide bonds. The Morgan fingerprint density at radius 2 is 2.18 bits per heavy atom. The molecular formula is C12H13BrN2O2. The van der Waals surface area contributed by atoms with Crippen molar-refractivity contribution in [2.45, 2.75) is 6.54 Å². The van der Waals surface area contributed by atoms with Crippen molar-refractivity contribution in [2.24, 2.45) is 0 Å². The Morgan fingerprint density at radius 3 is 2.82 bits per heavy atom. The maximum absolute atomic E-state index is 12.0. The average Bonchev–Trinajstić information content (AvgIpc) is 2.55. The molecule has 1 aromatic carbocycles. The summed E-state index contributed by atoms with van der Waals surface area (Å²) >= 11 is 3.37. The topological polar surface area (TPSA) is 40.6 Å². The Kier molecular flexibility index (Phi) is 3.19. The van der Waals surface area contributed by atoms with Crippen LogP contribution in [0.5, 0.6) is 0 Å². The summed E-state index contributed by atoms with van der Waals surface area (Å²) in [6, 6.07) is 5.56. The Morgan fingerprint density at radius 1 is 1.47 bits per heavy atom. The number of likely N-dealkylation sites (N-methyl/N-ethyl adjacent to an activating group) is 1. The van der Waals surface area contributed by atoms with Crippen LogP contribution in [0.2, 0.25) is 0 Å². The molecule has 2 rings (SSSR count). The third kappa shape index (κ3) is 2.34. The molecule has 17 heavy (non-hydrogen) atoms. The molecule has 0 spiro atoms. The predicted octanol–water partition coefficient (Wildman–Crippen LogP) is 1.49. The van der Waals surface area contributed by atoms with Crippen LogP contribution in [0.4, 0.5) is 0 Å². The van der Waals surface area contributed by atoms with Gasteiger partial charge < -0.3 is 9.80 Å². The molecular weight excluding hydrogens is 284 g/mol. The smallest absolute Gasteiger partial charge is 0.254 e. The van der Waals surface area contributed by atoms with Gasteiger partial charge in [-0.25, -0.2) is 0 Å². The number of amides is 2. The van der Waals surface area contributed by atoms with Crippen molar-refractivity contribution in [3.05, 3.63) is 33.8 Å². The van der Waals surface area contributed by atoms with Crippen LogP contribution >= 0.6 is 15.9 Å². The molecule has 0 radical (unpaired) electrons. The largest absolute Gasteiger partial charge is 0.347 e. The van der Waals surface area contributed by atoms with Gasteiger partial charge in [0, 0.05) is 30.7 Å². The number of benzene rings is 1. The molecule has 0 N–H and O–H groups in total. The Labute approximate surface area is 108 Å². The second-order valence-electron chi connectivity index (χ2n) is 4.25. The van der Waals surface area contributed by atoms with Crippen LogP contribution in [0.1, 0.15) is 15.9 Å². The summed E-state index contributed by atoms with van der Waals surface area (Å²) in [4.78, 5) is 26.7. The van der Waals surface area contributed by atoms with E-state index in [2.05, 4.69) is 15.9 Å². The lowest BCUT2D eigenvalue weighted by molar-refractivity contribution is -0.129. The van der Waals surface area contributed by atoms with Gasteiger partial charge in [-0.1, -0.05) is 15.9 Å². The summed E-state index contributed by atoms with van der Waals surface area (Å²) in [5, 5.41) is 0. The van der Waals surface area contributed by atoms with Gasteiger partial charge in [0.25, 0.3) is 5.91 Å². The predicted molar refractivity (Wildman–Crippen MR) is 67.6 cm³/mol. The molecule has 0 aromatic heterocycles. The zero-order valence-corrected chi connectivity index (χ0v) is 11.3. The highest BCUT2D eigenvalue weighted by Gasteiger charge is 2.28. The minimum Gasteiger partial charge on any atom is -0.347 e. The fourth-order valence-electron chi connectivity index (χ4n) is 1.78. The molecule has 1 aliphatic rings. The third-order valence-corrected chi connectivity index (χ3v) is 3.26. The Bertz CT molecular complexity index is 485. The standard InChI is InChI=1S/C12H13BrN2O2/c1-14(2)11(16)7-15-6-8-5-9(13)3-4-10(8)12(15)17/h3-5H,6-7H2,1-2H3. The number of hydrogen-bond donors (Lipinski definition) is 0. The molecule has 1 aliphatic heterocycles. The average molecular weight is 297 g/mol. The van der Waals surface area contributed by atoms with Gasteiger partial charge in [-0.2, -0.15) is 0 Å². The molecule has 0 atom stereocenters. The summed E-state index contributed by atoms with van der Waals surface area (Å²) in [6.45, 7) is 0.644. The van der Waals surface area contributed by atoms with Gasteiger partial charge in [-0.3, -0.25) is 9.59 Å². The first-order chi connectivity index (χ1) is 7.99. The number of rotatable bonds is 2. The summed E-state index contributed by atoms with van der Waals surface area (Å²) in [5.41, 5.74) is 1.66. The van der Waals surface area contributed by atoms with E-state index in [1.165, 1.54) is 4.90 Å². The van der Waals surface area contributed by atoms with Crippen LogP contribution in [0, 0.1) is 0 Å². The number of nitrogens with zero attached hydrogens (tertiary/aromatic N) is 2. The van der Waals surface area contributed by atoms with Crippen molar-refractivity contribution in [2.75, 3.05) is 20.6 Å². The van der Waals surface area contributed by atoms with Crippen LogP contribution in [-0.2, 0) is 11.3 Å². The number of hydrogen-bond acceptors (Lipinski definition) is 2. The molecule has 0 fully saturated rings. The van der Waals surface area contributed by atoms with E-state index in [0.29, 0.717) is 12.1 Å². The van der Waals surface area contributed by atoms with E-state index in [1.54, 1.807) is 25.1 Å². The van der Waals surface area contributed by atoms with E-state index in [4.69, 9.17) is 0 Å². The fraction of sp³-hybridized carbons (Fsp3) is 0.333. The minimum atomic E-state index is -0.0669. The van der Waals surface area contributed by atoms with E-state index >= 15 is 0 Å². The van der Waals surface area contributed by atoms with Gasteiger partial charge in [0.15, 0.2) is 0 Å².